The number of aliphatic hydroxyl groups is 1. The first-order valence-corrected chi connectivity index (χ1v) is 5.43. The first-order chi connectivity index (χ1) is 8.20. The molecule has 0 bridgehead atoms. The number of benzene rings is 1. The Morgan fingerprint density at radius 1 is 1.41 bits per heavy atom. The Balaban J connectivity index is 2.30. The zero-order valence-corrected chi connectivity index (χ0v) is 9.87. The van der Waals surface area contributed by atoms with Gasteiger partial charge in [0.15, 0.2) is 0 Å². The molecule has 0 spiro atoms. The van der Waals surface area contributed by atoms with E-state index in [1.807, 2.05) is 24.3 Å². The summed E-state index contributed by atoms with van der Waals surface area (Å²) in [6.07, 6.45) is 1.87. The summed E-state index contributed by atoms with van der Waals surface area (Å²) in [7, 11) is 1.62. The van der Waals surface area contributed by atoms with Crippen molar-refractivity contribution in [1.82, 2.24) is 15.0 Å². The molecule has 90 valence electrons. The van der Waals surface area contributed by atoms with Crippen LogP contribution in [0.2, 0.25) is 0 Å². The van der Waals surface area contributed by atoms with E-state index in [0.29, 0.717) is 6.42 Å². The standard InChI is InChI=1S/C12H15N3O2/c1-9(16)7-10-8-15(14-13-10)11-5-3-4-6-12(11)17-2/h3-6,8-9,16H,7H2,1-2H3. The van der Waals surface area contributed by atoms with Crippen molar-refractivity contribution < 1.29 is 9.84 Å². The molecule has 1 atom stereocenters. The highest BCUT2D eigenvalue weighted by molar-refractivity contribution is 5.45. The zero-order chi connectivity index (χ0) is 12.3. The minimum atomic E-state index is -0.419. The third-order valence-corrected chi connectivity index (χ3v) is 2.38. The monoisotopic (exact) mass is 233 g/mol. The van der Waals surface area contributed by atoms with Crippen molar-refractivity contribution in [1.29, 1.82) is 0 Å². The second-order valence-electron chi connectivity index (χ2n) is 3.88. The first-order valence-electron chi connectivity index (χ1n) is 5.43. The highest BCUT2D eigenvalue weighted by Gasteiger charge is 2.08. The van der Waals surface area contributed by atoms with E-state index in [1.54, 1.807) is 24.9 Å². The maximum Gasteiger partial charge on any atom is 0.144 e. The molecule has 0 aliphatic heterocycles. The number of nitrogens with zero attached hydrogens (tertiary/aromatic N) is 3. The van der Waals surface area contributed by atoms with Gasteiger partial charge in [-0.2, -0.15) is 0 Å². The fraction of sp³-hybridized carbons (Fsp3) is 0.333. The molecule has 2 rings (SSSR count). The van der Waals surface area contributed by atoms with E-state index in [-0.39, 0.29) is 0 Å². The molecule has 5 nitrogen and oxygen atoms in total. The van der Waals surface area contributed by atoms with E-state index in [1.165, 1.54) is 0 Å². The van der Waals surface area contributed by atoms with Gasteiger partial charge in [-0.3, -0.25) is 0 Å². The minimum Gasteiger partial charge on any atom is -0.494 e. The summed E-state index contributed by atoms with van der Waals surface area (Å²) in [6.45, 7) is 1.72. The van der Waals surface area contributed by atoms with Crippen LogP contribution in [0, 0.1) is 0 Å². The Bertz CT molecular complexity index is 494. The molecule has 1 heterocycles. The van der Waals surface area contributed by atoms with E-state index in [2.05, 4.69) is 10.3 Å². The van der Waals surface area contributed by atoms with Crippen molar-refractivity contribution >= 4 is 0 Å². The molecule has 5 heteroatoms. The van der Waals surface area contributed by atoms with Crippen LogP contribution in [0.1, 0.15) is 12.6 Å². The predicted molar refractivity (Wildman–Crippen MR) is 63.3 cm³/mol. The lowest BCUT2D eigenvalue weighted by Crippen LogP contribution is -2.04. The van der Waals surface area contributed by atoms with Crippen LogP contribution in [0.4, 0.5) is 0 Å². The average molecular weight is 233 g/mol. The molecule has 0 radical (unpaired) electrons. The van der Waals surface area contributed by atoms with Crippen LogP contribution >= 0.6 is 0 Å². The molecular weight excluding hydrogens is 218 g/mol. The molecule has 0 aliphatic rings. The van der Waals surface area contributed by atoms with E-state index in [0.717, 1.165) is 17.1 Å². The largest absolute Gasteiger partial charge is 0.494 e. The maximum atomic E-state index is 9.28. The molecule has 1 aromatic heterocycles. The third-order valence-electron chi connectivity index (χ3n) is 2.38. The van der Waals surface area contributed by atoms with Gasteiger partial charge in [0, 0.05) is 6.42 Å². The van der Waals surface area contributed by atoms with Crippen molar-refractivity contribution in [2.45, 2.75) is 19.4 Å². The lowest BCUT2D eigenvalue weighted by atomic mass is 10.2. The highest BCUT2D eigenvalue weighted by atomic mass is 16.5. The number of hydrogen-bond donors (Lipinski definition) is 1. The Hall–Kier alpha value is -1.88. The van der Waals surface area contributed by atoms with Crippen LogP contribution in [0.25, 0.3) is 5.69 Å². The van der Waals surface area contributed by atoms with Gasteiger partial charge in [-0.25, -0.2) is 4.68 Å². The van der Waals surface area contributed by atoms with Crippen LogP contribution < -0.4 is 4.74 Å². The summed E-state index contributed by atoms with van der Waals surface area (Å²) < 4.78 is 6.90. The van der Waals surface area contributed by atoms with Crippen molar-refractivity contribution in [3.05, 3.63) is 36.2 Å². The second kappa shape index (κ2) is 4.97. The fourth-order valence-electron chi connectivity index (χ4n) is 1.63. The molecule has 1 unspecified atom stereocenters. The van der Waals surface area contributed by atoms with Crippen molar-refractivity contribution in [2.24, 2.45) is 0 Å². The molecule has 0 fully saturated rings. The first kappa shape index (κ1) is 11.6. The van der Waals surface area contributed by atoms with Crippen molar-refractivity contribution in [2.75, 3.05) is 7.11 Å². The molecule has 0 amide bonds. The van der Waals surface area contributed by atoms with Gasteiger partial charge < -0.3 is 9.84 Å². The summed E-state index contributed by atoms with van der Waals surface area (Å²) in [4.78, 5) is 0. The van der Waals surface area contributed by atoms with E-state index in [4.69, 9.17) is 4.74 Å². The zero-order valence-electron chi connectivity index (χ0n) is 9.87. The van der Waals surface area contributed by atoms with Gasteiger partial charge in [0.2, 0.25) is 0 Å². The number of hydrogen-bond acceptors (Lipinski definition) is 4. The quantitative estimate of drug-likeness (QED) is 0.862. The average Bonchev–Trinajstić information content (AvgIpc) is 2.76. The third kappa shape index (κ3) is 2.62. The molecule has 1 N–H and O–H groups in total. The minimum absolute atomic E-state index is 0.419. The number of aliphatic hydroxyl groups excluding tert-OH is 1. The number of aromatic nitrogens is 3. The Morgan fingerprint density at radius 2 is 2.18 bits per heavy atom. The van der Waals surface area contributed by atoms with Crippen molar-refractivity contribution in [3.8, 4) is 11.4 Å². The smallest absolute Gasteiger partial charge is 0.144 e. The molecule has 0 saturated heterocycles. The van der Waals surface area contributed by atoms with Gasteiger partial charge in [-0.15, -0.1) is 5.10 Å². The van der Waals surface area contributed by atoms with Gasteiger partial charge in [-0.1, -0.05) is 17.3 Å². The number of methoxy groups -OCH3 is 1. The van der Waals surface area contributed by atoms with Crippen LogP contribution in [-0.2, 0) is 6.42 Å². The second-order valence-corrected chi connectivity index (χ2v) is 3.88. The summed E-state index contributed by atoms with van der Waals surface area (Å²) in [6, 6.07) is 7.58. The Morgan fingerprint density at radius 3 is 2.88 bits per heavy atom. The van der Waals surface area contributed by atoms with E-state index < -0.39 is 6.10 Å². The van der Waals surface area contributed by atoms with Gasteiger partial charge >= 0.3 is 0 Å². The molecule has 1 aromatic carbocycles. The Kier molecular flexibility index (Phi) is 3.39. The highest BCUT2D eigenvalue weighted by Crippen LogP contribution is 2.21. The number of ether oxygens (including phenoxy) is 1. The lowest BCUT2D eigenvalue weighted by Gasteiger charge is -2.06. The topological polar surface area (TPSA) is 60.2 Å². The summed E-state index contributed by atoms with van der Waals surface area (Å²) in [5.74, 6) is 0.737. The SMILES string of the molecule is COc1ccccc1-n1cc(CC(C)O)nn1. The van der Waals surface area contributed by atoms with Gasteiger partial charge in [0.05, 0.1) is 25.1 Å². The summed E-state index contributed by atoms with van der Waals surface area (Å²) in [5, 5.41) is 17.3. The van der Waals surface area contributed by atoms with Crippen LogP contribution in [0.15, 0.2) is 30.5 Å². The van der Waals surface area contributed by atoms with Crippen LogP contribution in [0.3, 0.4) is 0 Å². The van der Waals surface area contributed by atoms with Gasteiger partial charge in [-0.05, 0) is 19.1 Å². The molecule has 0 saturated carbocycles. The van der Waals surface area contributed by atoms with Gasteiger partial charge in [0.1, 0.15) is 11.4 Å². The maximum absolute atomic E-state index is 9.28. The molecule has 17 heavy (non-hydrogen) atoms. The molecule has 0 aliphatic carbocycles. The predicted octanol–water partition coefficient (Wildman–Crippen LogP) is 1.20. The van der Waals surface area contributed by atoms with E-state index >= 15 is 0 Å². The van der Waals surface area contributed by atoms with E-state index in [9.17, 15) is 5.11 Å². The number of rotatable bonds is 4. The van der Waals surface area contributed by atoms with Gasteiger partial charge in [0.25, 0.3) is 0 Å². The lowest BCUT2D eigenvalue weighted by molar-refractivity contribution is 0.194. The number of para-hydroxylation sites is 2. The normalized spacial score (nSPS) is 12.4. The summed E-state index contributed by atoms with van der Waals surface area (Å²) >= 11 is 0. The van der Waals surface area contributed by atoms with Crippen molar-refractivity contribution in [3.63, 3.8) is 0 Å². The van der Waals surface area contributed by atoms with Crippen LogP contribution in [-0.4, -0.2) is 33.3 Å². The molecule has 2 aromatic rings. The Labute approximate surface area is 99.7 Å². The molecular formula is C12H15N3O2. The summed E-state index contributed by atoms with van der Waals surface area (Å²) in [5.41, 5.74) is 1.59. The fourth-order valence-corrected chi connectivity index (χ4v) is 1.63. The van der Waals surface area contributed by atoms with Crippen LogP contribution in [0.5, 0.6) is 5.75 Å².